The van der Waals surface area contributed by atoms with Gasteiger partial charge in [-0.15, -0.1) is 0 Å². The van der Waals surface area contributed by atoms with Gasteiger partial charge < -0.3 is 19.1 Å². The highest BCUT2D eigenvalue weighted by Gasteiger charge is 2.38. The maximum absolute atomic E-state index is 6.49. The smallest absolute Gasteiger partial charge is 0.255 e. The van der Waals surface area contributed by atoms with Crippen LogP contribution in [0.2, 0.25) is 6.04 Å². The highest BCUT2D eigenvalue weighted by Crippen LogP contribution is 2.20. The molecule has 0 radical (unpaired) electrons. The van der Waals surface area contributed by atoms with Crippen LogP contribution >= 0.6 is 0 Å². The topological polar surface area (TPSA) is 19.0 Å². The highest BCUT2D eigenvalue weighted by molar-refractivity contribution is 6.97. The molecule has 4 nitrogen and oxygen atoms in total. The van der Waals surface area contributed by atoms with Gasteiger partial charge in [0, 0.05) is 46.7 Å². The van der Waals surface area contributed by atoms with Crippen LogP contribution in [0.1, 0.15) is 25.7 Å². The van der Waals surface area contributed by atoms with Gasteiger partial charge in [0.2, 0.25) is 0 Å². The number of hydrogen-bond acceptors (Lipinski definition) is 4. The van der Waals surface area contributed by atoms with Crippen LogP contribution < -0.4 is 20.2 Å². The van der Waals surface area contributed by atoms with Gasteiger partial charge in [0.15, 0.2) is 0 Å². The first kappa shape index (κ1) is 22.9. The van der Waals surface area contributed by atoms with Gasteiger partial charge >= 0.3 is 0 Å². The third kappa shape index (κ3) is 5.26. The van der Waals surface area contributed by atoms with E-state index in [1.54, 1.807) is 0 Å². The van der Waals surface area contributed by atoms with Crippen molar-refractivity contribution in [3.63, 3.8) is 0 Å². The van der Waals surface area contributed by atoms with E-state index in [0.717, 1.165) is 6.04 Å². The fraction of sp³-hybridized carbons (Fsp3) is 0.520. The Morgan fingerprint density at radius 3 is 1.63 bits per heavy atom. The quantitative estimate of drug-likeness (QED) is 0.573. The second kappa shape index (κ2) is 10.5. The number of benzene rings is 2. The summed E-state index contributed by atoms with van der Waals surface area (Å²) in [4.78, 5) is 6.95. The zero-order chi connectivity index (χ0) is 21.6. The van der Waals surface area contributed by atoms with Crippen molar-refractivity contribution in [3.05, 3.63) is 48.5 Å². The van der Waals surface area contributed by atoms with E-state index in [1.807, 2.05) is 7.11 Å². The summed E-state index contributed by atoms with van der Waals surface area (Å²) < 4.78 is 6.49. The van der Waals surface area contributed by atoms with E-state index in [4.69, 9.17) is 4.43 Å². The first-order valence-corrected chi connectivity index (χ1v) is 13.4. The molecule has 2 aromatic rings. The first-order valence-electron chi connectivity index (χ1n) is 11.3. The maximum atomic E-state index is 6.49. The Labute approximate surface area is 184 Å². The van der Waals surface area contributed by atoms with Crippen LogP contribution in [0.3, 0.4) is 0 Å². The molecular weight excluding hydrogens is 386 g/mol. The fourth-order valence-corrected chi connectivity index (χ4v) is 8.24. The summed E-state index contributed by atoms with van der Waals surface area (Å²) in [7, 11) is 8.01. The molecule has 0 amide bonds. The van der Waals surface area contributed by atoms with E-state index >= 15 is 0 Å². The molecule has 3 rings (SSSR count). The van der Waals surface area contributed by atoms with E-state index in [9.17, 15) is 0 Å². The van der Waals surface area contributed by atoms with Gasteiger partial charge in [0.1, 0.15) is 0 Å². The second-order valence-electron chi connectivity index (χ2n) is 8.92. The fourth-order valence-electron chi connectivity index (χ4n) is 4.59. The molecule has 0 spiro atoms. The molecule has 1 aliphatic rings. The van der Waals surface area contributed by atoms with Gasteiger partial charge in [-0.25, -0.2) is 0 Å². The number of hydrogen-bond donors (Lipinski definition) is 0. The minimum Gasteiger partial charge on any atom is -0.411 e. The molecule has 1 heterocycles. The van der Waals surface area contributed by atoms with E-state index in [-0.39, 0.29) is 0 Å². The molecule has 2 aromatic carbocycles. The van der Waals surface area contributed by atoms with Crippen LogP contribution in [0.25, 0.3) is 0 Å². The molecule has 30 heavy (non-hydrogen) atoms. The van der Waals surface area contributed by atoms with Crippen molar-refractivity contribution in [3.8, 4) is 0 Å². The molecule has 164 valence electrons. The second-order valence-corrected chi connectivity index (χ2v) is 12.6. The third-order valence-corrected chi connectivity index (χ3v) is 10.8. The van der Waals surface area contributed by atoms with Crippen LogP contribution in [-0.4, -0.2) is 68.2 Å². The number of piperidine rings is 1. The van der Waals surface area contributed by atoms with Crippen LogP contribution in [0.5, 0.6) is 0 Å². The van der Waals surface area contributed by atoms with Gasteiger partial charge in [0.05, 0.1) is 0 Å². The Hall–Kier alpha value is -1.82. The molecule has 5 heteroatoms. The monoisotopic (exact) mass is 425 g/mol. The lowest BCUT2D eigenvalue weighted by atomic mass is 10.1. The van der Waals surface area contributed by atoms with Crippen molar-refractivity contribution in [2.24, 2.45) is 0 Å². The van der Waals surface area contributed by atoms with Gasteiger partial charge in [-0.2, -0.15) is 0 Å². The lowest BCUT2D eigenvalue weighted by molar-refractivity contribution is 0.228. The molecule has 0 unspecified atom stereocenters. The van der Waals surface area contributed by atoms with Crippen molar-refractivity contribution in [2.45, 2.75) is 31.7 Å². The zero-order valence-electron chi connectivity index (χ0n) is 19.5. The van der Waals surface area contributed by atoms with Crippen molar-refractivity contribution < 1.29 is 4.43 Å². The Morgan fingerprint density at radius 2 is 1.23 bits per heavy atom. The van der Waals surface area contributed by atoms with Crippen molar-refractivity contribution >= 4 is 30.1 Å². The molecule has 1 aliphatic heterocycles. The highest BCUT2D eigenvalue weighted by atomic mass is 28.4. The average Bonchev–Trinajstić information content (AvgIpc) is 2.78. The van der Waals surface area contributed by atoms with Crippen LogP contribution in [0.4, 0.5) is 11.4 Å². The summed E-state index contributed by atoms with van der Waals surface area (Å²) >= 11 is 0. The van der Waals surface area contributed by atoms with E-state index in [0.29, 0.717) is 0 Å². The van der Waals surface area contributed by atoms with E-state index < -0.39 is 8.32 Å². The van der Waals surface area contributed by atoms with Gasteiger partial charge in [-0.3, -0.25) is 0 Å². The summed E-state index contributed by atoms with van der Waals surface area (Å²) in [6.07, 6.45) is 5.28. The molecular formula is C25H39N3OSi. The Kier molecular flexibility index (Phi) is 7.97. The van der Waals surface area contributed by atoms with E-state index in [1.165, 1.54) is 67.1 Å². The summed E-state index contributed by atoms with van der Waals surface area (Å²) in [5.41, 5.74) is 2.46. The Balaban J connectivity index is 1.88. The molecule has 0 bridgehead atoms. The molecule has 0 N–H and O–H groups in total. The van der Waals surface area contributed by atoms with E-state index in [2.05, 4.69) is 91.4 Å². The predicted octanol–water partition coefficient (Wildman–Crippen LogP) is 3.40. The number of likely N-dealkylation sites (tertiary alicyclic amines) is 1. The predicted molar refractivity (Wildman–Crippen MR) is 133 cm³/mol. The van der Waals surface area contributed by atoms with Crippen molar-refractivity contribution in [1.82, 2.24) is 4.90 Å². The van der Waals surface area contributed by atoms with Gasteiger partial charge in [-0.1, -0.05) is 30.7 Å². The molecule has 0 saturated carbocycles. The molecule has 1 saturated heterocycles. The summed E-state index contributed by atoms with van der Waals surface area (Å²) in [5, 5.41) is 2.73. The van der Waals surface area contributed by atoms with Gasteiger partial charge in [0.25, 0.3) is 8.32 Å². The third-order valence-electron chi connectivity index (χ3n) is 6.50. The first-order chi connectivity index (χ1) is 14.5. The summed E-state index contributed by atoms with van der Waals surface area (Å²) in [6, 6.07) is 19.2. The Morgan fingerprint density at radius 1 is 0.767 bits per heavy atom. The molecule has 0 aliphatic carbocycles. The summed E-state index contributed by atoms with van der Waals surface area (Å²) in [5.74, 6) is 0. The minimum atomic E-state index is -2.29. The zero-order valence-corrected chi connectivity index (χ0v) is 20.5. The van der Waals surface area contributed by atoms with Crippen molar-refractivity contribution in [1.29, 1.82) is 0 Å². The standard InChI is InChI=1S/C25H39N3OSi/c1-26(2)22-10-14-24(15-11-22)30(29-5,21-9-20-28-18-7-6-8-19-28)25-16-12-23(13-17-25)27(3)4/h10-17H,6-9,18-21H2,1-5H3. The van der Waals surface area contributed by atoms with Crippen molar-refractivity contribution in [2.75, 3.05) is 64.7 Å². The Bertz CT molecular complexity index is 716. The normalized spacial score (nSPS) is 15.2. The number of nitrogens with zero attached hydrogens (tertiary/aromatic N) is 3. The minimum absolute atomic E-state index is 1.11. The lowest BCUT2D eigenvalue weighted by Gasteiger charge is -2.33. The largest absolute Gasteiger partial charge is 0.411 e. The SMILES string of the molecule is CO[Si](CCCN1CCCCC1)(c1ccc(N(C)C)cc1)c1ccc(N(C)C)cc1. The number of rotatable bonds is 9. The van der Waals surface area contributed by atoms with Crippen LogP contribution in [0.15, 0.2) is 48.5 Å². The lowest BCUT2D eigenvalue weighted by Crippen LogP contribution is -2.60. The maximum Gasteiger partial charge on any atom is 0.255 e. The van der Waals surface area contributed by atoms with Crippen LogP contribution in [0, 0.1) is 0 Å². The average molecular weight is 426 g/mol. The summed E-state index contributed by atoms with van der Waals surface area (Å²) in [6.45, 7) is 3.71. The number of anilines is 2. The molecule has 0 atom stereocenters. The van der Waals surface area contributed by atoms with Crippen LogP contribution in [-0.2, 0) is 4.43 Å². The van der Waals surface area contributed by atoms with Gasteiger partial charge in [-0.05, 0) is 79.6 Å². The molecule has 1 fully saturated rings. The molecule has 0 aromatic heterocycles.